The lowest BCUT2D eigenvalue weighted by Gasteiger charge is -2.31. The van der Waals surface area contributed by atoms with Crippen molar-refractivity contribution in [3.8, 4) is 21.8 Å². The van der Waals surface area contributed by atoms with Crippen molar-refractivity contribution in [1.82, 2.24) is 15.0 Å². The number of nitrogens with zero attached hydrogens (tertiary/aromatic N) is 3. The van der Waals surface area contributed by atoms with Gasteiger partial charge in [-0.15, -0.1) is 11.3 Å². The molecule has 0 aliphatic heterocycles. The molecule has 0 saturated heterocycles. The fraction of sp³-hybridized carbons (Fsp3) is 0.296. The molecular weight excluding hydrogens is 533 g/mol. The smallest absolute Gasteiger partial charge is 0.267 e. The average Bonchev–Trinajstić information content (AvgIpc) is 3.32. The first-order valence-electron chi connectivity index (χ1n) is 12.2. The minimum Gasteiger partial charge on any atom is -0.276 e. The third-order valence-corrected chi connectivity index (χ3v) is 9.60. The first kappa shape index (κ1) is 26.3. The maximum atomic E-state index is 15.9. The molecule has 198 valence electrons. The first-order valence-corrected chi connectivity index (χ1v) is 14.5. The number of hydrogen-bond acceptors (Lipinski definition) is 6. The molecule has 11 heteroatoms. The molecular formula is C27H25F3N4O2S2. The van der Waals surface area contributed by atoms with Crippen LogP contribution in [0.3, 0.4) is 0 Å². The molecule has 0 amide bonds. The third-order valence-electron chi connectivity index (χ3n) is 6.80. The number of sulfonamides is 1. The van der Waals surface area contributed by atoms with Crippen molar-refractivity contribution in [1.29, 1.82) is 0 Å². The summed E-state index contributed by atoms with van der Waals surface area (Å²) in [6, 6.07) is 8.57. The summed E-state index contributed by atoms with van der Waals surface area (Å²) in [5.74, 6) is -2.92. The van der Waals surface area contributed by atoms with Crippen molar-refractivity contribution in [3.63, 3.8) is 0 Å². The molecule has 0 unspecified atom stereocenters. The van der Waals surface area contributed by atoms with E-state index in [1.54, 1.807) is 19.2 Å². The Labute approximate surface area is 223 Å². The second-order valence-electron chi connectivity index (χ2n) is 9.63. The summed E-state index contributed by atoms with van der Waals surface area (Å²) in [5, 5.41) is 0.859. The van der Waals surface area contributed by atoms with Crippen molar-refractivity contribution in [2.75, 3.05) is 4.72 Å². The zero-order chi connectivity index (χ0) is 27.1. The second-order valence-corrected chi connectivity index (χ2v) is 12.2. The predicted molar refractivity (Wildman–Crippen MR) is 141 cm³/mol. The van der Waals surface area contributed by atoms with Crippen LogP contribution < -0.4 is 4.72 Å². The number of aryl methyl sites for hydroxylation is 1. The van der Waals surface area contributed by atoms with Gasteiger partial charge in [-0.2, -0.15) is 0 Å². The van der Waals surface area contributed by atoms with Gasteiger partial charge in [-0.1, -0.05) is 38.3 Å². The van der Waals surface area contributed by atoms with E-state index in [9.17, 15) is 17.2 Å². The SMILES string of the molecule is Cc1nccc(-c2sc(C3(C)CCCCC3)nc2-c2cccc(NS(=O)(=O)c3c(F)cccc3F)c2F)n1. The van der Waals surface area contributed by atoms with E-state index in [1.165, 1.54) is 29.5 Å². The van der Waals surface area contributed by atoms with Crippen LogP contribution in [0.15, 0.2) is 53.6 Å². The summed E-state index contributed by atoms with van der Waals surface area (Å²) in [4.78, 5) is 13.0. The van der Waals surface area contributed by atoms with Gasteiger partial charge in [0.15, 0.2) is 10.7 Å². The van der Waals surface area contributed by atoms with Crippen LogP contribution in [-0.4, -0.2) is 23.4 Å². The van der Waals surface area contributed by atoms with E-state index < -0.39 is 38.1 Å². The van der Waals surface area contributed by atoms with Gasteiger partial charge in [0.2, 0.25) is 0 Å². The Morgan fingerprint density at radius 2 is 1.63 bits per heavy atom. The number of benzene rings is 2. The van der Waals surface area contributed by atoms with Crippen molar-refractivity contribution < 1.29 is 21.6 Å². The molecule has 1 aliphatic carbocycles. The number of nitrogens with one attached hydrogen (secondary N) is 1. The van der Waals surface area contributed by atoms with Crippen molar-refractivity contribution >= 4 is 27.0 Å². The number of rotatable bonds is 6. The Hall–Kier alpha value is -3.31. The molecule has 0 atom stereocenters. The number of anilines is 1. The molecule has 1 N–H and O–H groups in total. The number of halogens is 3. The van der Waals surface area contributed by atoms with Gasteiger partial charge in [0.1, 0.15) is 17.5 Å². The Morgan fingerprint density at radius 1 is 0.947 bits per heavy atom. The van der Waals surface area contributed by atoms with E-state index in [4.69, 9.17) is 4.98 Å². The zero-order valence-corrected chi connectivity index (χ0v) is 22.4. The number of hydrogen-bond donors (Lipinski definition) is 1. The summed E-state index contributed by atoms with van der Waals surface area (Å²) < 4.78 is 72.0. The van der Waals surface area contributed by atoms with E-state index in [0.29, 0.717) is 22.1 Å². The Morgan fingerprint density at radius 3 is 2.32 bits per heavy atom. The summed E-state index contributed by atoms with van der Waals surface area (Å²) in [5.41, 5.74) is 0.330. The van der Waals surface area contributed by atoms with Crippen LogP contribution in [0.1, 0.15) is 49.9 Å². The van der Waals surface area contributed by atoms with E-state index >= 15 is 4.39 Å². The van der Waals surface area contributed by atoms with Crippen LogP contribution in [0.25, 0.3) is 21.8 Å². The lowest BCUT2D eigenvalue weighted by molar-refractivity contribution is 0.318. The highest BCUT2D eigenvalue weighted by molar-refractivity contribution is 7.92. The summed E-state index contributed by atoms with van der Waals surface area (Å²) in [6.45, 7) is 3.92. The highest BCUT2D eigenvalue weighted by Gasteiger charge is 2.34. The maximum Gasteiger partial charge on any atom is 0.267 e. The molecule has 38 heavy (non-hydrogen) atoms. The normalized spacial score (nSPS) is 15.4. The number of thiazole rings is 1. The van der Waals surface area contributed by atoms with Gasteiger partial charge in [-0.05, 0) is 50.1 Å². The predicted octanol–water partition coefficient (Wildman–Crippen LogP) is 7.02. The molecule has 5 rings (SSSR count). The lowest BCUT2D eigenvalue weighted by Crippen LogP contribution is -2.24. The quantitative estimate of drug-likeness (QED) is 0.275. The minimum atomic E-state index is -4.76. The molecule has 4 aromatic rings. The Bertz CT molecular complexity index is 1600. The highest BCUT2D eigenvalue weighted by Crippen LogP contribution is 2.46. The summed E-state index contributed by atoms with van der Waals surface area (Å²) in [7, 11) is -4.76. The topological polar surface area (TPSA) is 84.8 Å². The lowest BCUT2D eigenvalue weighted by atomic mass is 9.76. The van der Waals surface area contributed by atoms with E-state index in [1.807, 2.05) is 4.72 Å². The zero-order valence-electron chi connectivity index (χ0n) is 20.8. The summed E-state index contributed by atoms with van der Waals surface area (Å²) >= 11 is 1.44. The van der Waals surface area contributed by atoms with E-state index in [2.05, 4.69) is 16.9 Å². The fourth-order valence-corrected chi connectivity index (χ4v) is 7.24. The van der Waals surface area contributed by atoms with Crippen LogP contribution in [0.2, 0.25) is 0 Å². The number of aromatic nitrogens is 3. The molecule has 1 aliphatic rings. The first-order chi connectivity index (χ1) is 18.1. The molecule has 2 heterocycles. The Kier molecular flexibility index (Phi) is 6.99. The minimum absolute atomic E-state index is 0.0485. The van der Waals surface area contributed by atoms with Gasteiger partial charge in [0.05, 0.1) is 27.0 Å². The summed E-state index contributed by atoms with van der Waals surface area (Å²) in [6.07, 6.45) is 6.84. The Balaban J connectivity index is 1.63. The van der Waals surface area contributed by atoms with Gasteiger partial charge in [0.25, 0.3) is 10.0 Å². The largest absolute Gasteiger partial charge is 0.276 e. The van der Waals surface area contributed by atoms with Gasteiger partial charge in [-0.25, -0.2) is 36.5 Å². The van der Waals surface area contributed by atoms with Crippen LogP contribution in [0.4, 0.5) is 18.9 Å². The van der Waals surface area contributed by atoms with Gasteiger partial charge < -0.3 is 0 Å². The highest BCUT2D eigenvalue weighted by atomic mass is 32.2. The molecule has 0 spiro atoms. The average molecular weight is 559 g/mol. The molecule has 2 aromatic heterocycles. The van der Waals surface area contributed by atoms with Gasteiger partial charge in [0, 0.05) is 17.2 Å². The monoisotopic (exact) mass is 558 g/mol. The van der Waals surface area contributed by atoms with Gasteiger partial charge in [-0.3, -0.25) is 4.72 Å². The van der Waals surface area contributed by atoms with E-state index in [0.717, 1.165) is 55.3 Å². The van der Waals surface area contributed by atoms with Crippen molar-refractivity contribution in [3.05, 3.63) is 76.9 Å². The van der Waals surface area contributed by atoms with Crippen LogP contribution in [0.5, 0.6) is 0 Å². The fourth-order valence-electron chi connectivity index (χ4n) is 4.79. The van der Waals surface area contributed by atoms with Crippen molar-refractivity contribution in [2.24, 2.45) is 0 Å². The molecule has 0 bridgehead atoms. The van der Waals surface area contributed by atoms with E-state index in [-0.39, 0.29) is 11.0 Å². The maximum absolute atomic E-state index is 15.9. The third kappa shape index (κ3) is 4.92. The van der Waals surface area contributed by atoms with Crippen LogP contribution >= 0.6 is 11.3 Å². The van der Waals surface area contributed by atoms with Crippen LogP contribution in [-0.2, 0) is 15.4 Å². The molecule has 0 radical (unpaired) electrons. The second kappa shape index (κ2) is 10.1. The molecule has 1 saturated carbocycles. The van der Waals surface area contributed by atoms with Crippen LogP contribution in [0, 0.1) is 24.4 Å². The molecule has 6 nitrogen and oxygen atoms in total. The van der Waals surface area contributed by atoms with Gasteiger partial charge >= 0.3 is 0 Å². The molecule has 2 aromatic carbocycles. The van der Waals surface area contributed by atoms with Crippen molar-refractivity contribution in [2.45, 2.75) is 56.3 Å². The molecule has 1 fully saturated rings. The standard InChI is InChI=1S/C27H25F3N4O2S2/c1-16-31-15-12-21(32-16)24-23(33-26(37-24)27(2)13-4-3-5-14-27)17-8-6-11-20(22(17)30)34-38(35,36)25-18(28)9-7-10-19(25)29/h6-12,15,34H,3-5,13-14H2,1-2H3.